The Kier molecular flexibility index (Phi) is 6.27. The van der Waals surface area contributed by atoms with E-state index >= 15 is 0 Å². The topological polar surface area (TPSA) is 104 Å². The number of carbonyl (C=O) groups is 1. The van der Waals surface area contributed by atoms with Crippen LogP contribution in [0, 0.1) is 5.92 Å². The number of anilines is 1. The maximum Gasteiger partial charge on any atom is 0.243 e. The number of nitrogens with one attached hydrogen (secondary N) is 2. The van der Waals surface area contributed by atoms with E-state index in [1.165, 1.54) is 4.31 Å². The van der Waals surface area contributed by atoms with E-state index in [0.717, 1.165) is 5.56 Å². The van der Waals surface area contributed by atoms with Gasteiger partial charge in [-0.15, -0.1) is 0 Å². The average molecular weight is 491 g/mol. The first-order valence-corrected chi connectivity index (χ1v) is 12.9. The molecule has 0 saturated carbocycles. The molecule has 1 saturated heterocycles. The van der Waals surface area contributed by atoms with Crippen molar-refractivity contribution < 1.29 is 17.9 Å². The molecular weight excluding hydrogens is 464 g/mol. The highest BCUT2D eigenvalue weighted by Crippen LogP contribution is 2.28. The van der Waals surface area contributed by atoms with Gasteiger partial charge in [-0.1, -0.05) is 30.3 Å². The number of sulfonamides is 1. The predicted octanol–water partition coefficient (Wildman–Crippen LogP) is 4.28. The van der Waals surface area contributed by atoms with Gasteiger partial charge in [-0.05, 0) is 55.3 Å². The molecule has 35 heavy (non-hydrogen) atoms. The molecule has 0 spiro atoms. The summed E-state index contributed by atoms with van der Waals surface area (Å²) in [5.74, 6) is 0.763. The molecule has 1 atom stereocenters. The summed E-state index contributed by atoms with van der Waals surface area (Å²) in [5.41, 5.74) is 2.92. The molecule has 4 aromatic rings. The molecule has 3 aromatic carbocycles. The van der Waals surface area contributed by atoms with E-state index < -0.39 is 15.9 Å². The van der Waals surface area contributed by atoms with Gasteiger partial charge in [0.2, 0.25) is 15.9 Å². The third kappa shape index (κ3) is 4.78. The van der Waals surface area contributed by atoms with Gasteiger partial charge in [-0.2, -0.15) is 4.31 Å². The van der Waals surface area contributed by atoms with Crippen molar-refractivity contribution in [2.45, 2.75) is 17.7 Å². The number of piperidine rings is 1. The predicted molar refractivity (Wildman–Crippen MR) is 135 cm³/mol. The number of hydrogen-bond acceptors (Lipinski definition) is 5. The molecule has 2 heterocycles. The Bertz CT molecular complexity index is 1450. The summed E-state index contributed by atoms with van der Waals surface area (Å²) in [4.78, 5) is 20.9. The summed E-state index contributed by atoms with van der Waals surface area (Å²) < 4.78 is 33.5. The molecule has 0 unspecified atom stereocenters. The minimum absolute atomic E-state index is 0.139. The number of fused-ring (bicyclic) bond motifs is 1. The Labute approximate surface area is 204 Å². The molecule has 180 valence electrons. The number of aromatic amines is 1. The lowest BCUT2D eigenvalue weighted by Gasteiger charge is -2.31. The summed E-state index contributed by atoms with van der Waals surface area (Å²) in [5, 5.41) is 2.89. The van der Waals surface area contributed by atoms with Crippen LogP contribution < -0.4 is 10.1 Å². The molecular formula is C26H26N4O4S. The number of methoxy groups -OCH3 is 1. The molecule has 1 aliphatic heterocycles. The third-order valence-electron chi connectivity index (χ3n) is 6.25. The monoisotopic (exact) mass is 490 g/mol. The number of ether oxygens (including phenoxy) is 1. The summed E-state index contributed by atoms with van der Waals surface area (Å²) in [6.45, 7) is 0.519. The number of carbonyl (C=O) groups excluding carboxylic acids is 1. The molecule has 0 aliphatic carbocycles. The zero-order valence-electron chi connectivity index (χ0n) is 19.3. The molecule has 8 nitrogen and oxygen atoms in total. The molecule has 1 aromatic heterocycles. The number of benzene rings is 3. The highest BCUT2D eigenvalue weighted by Gasteiger charge is 2.33. The number of nitrogens with zero attached hydrogens (tertiary/aromatic N) is 2. The van der Waals surface area contributed by atoms with Gasteiger partial charge in [0.05, 0.1) is 29.0 Å². The van der Waals surface area contributed by atoms with Crippen LogP contribution in [0.2, 0.25) is 0 Å². The molecule has 1 aliphatic rings. The highest BCUT2D eigenvalue weighted by molar-refractivity contribution is 7.89. The summed E-state index contributed by atoms with van der Waals surface area (Å²) in [7, 11) is -2.19. The van der Waals surface area contributed by atoms with Crippen molar-refractivity contribution in [1.29, 1.82) is 0 Å². The van der Waals surface area contributed by atoms with Crippen molar-refractivity contribution in [3.63, 3.8) is 0 Å². The second kappa shape index (κ2) is 9.52. The number of hydrogen-bond donors (Lipinski definition) is 2. The Balaban J connectivity index is 1.33. The fraction of sp³-hybridized carbons (Fsp3) is 0.231. The van der Waals surface area contributed by atoms with Gasteiger partial charge < -0.3 is 15.0 Å². The van der Waals surface area contributed by atoms with Crippen LogP contribution in [0.3, 0.4) is 0 Å². The summed E-state index contributed by atoms with van der Waals surface area (Å²) >= 11 is 0. The van der Waals surface area contributed by atoms with Crippen LogP contribution in [0.5, 0.6) is 5.75 Å². The first-order chi connectivity index (χ1) is 16.9. The van der Waals surface area contributed by atoms with Gasteiger partial charge in [0, 0.05) is 24.3 Å². The van der Waals surface area contributed by atoms with Gasteiger partial charge in [-0.25, -0.2) is 13.4 Å². The molecule has 1 amide bonds. The fourth-order valence-corrected chi connectivity index (χ4v) is 5.87. The number of amides is 1. The van der Waals surface area contributed by atoms with Crippen molar-refractivity contribution in [2.75, 3.05) is 25.5 Å². The van der Waals surface area contributed by atoms with Crippen molar-refractivity contribution in [3.8, 4) is 17.1 Å². The van der Waals surface area contributed by atoms with E-state index in [1.807, 2.05) is 30.3 Å². The normalized spacial score (nSPS) is 16.8. The minimum atomic E-state index is -3.77. The van der Waals surface area contributed by atoms with Gasteiger partial charge in [0.15, 0.2) is 0 Å². The number of H-pyrrole nitrogens is 1. The molecule has 2 N–H and O–H groups in total. The van der Waals surface area contributed by atoms with E-state index in [4.69, 9.17) is 4.74 Å². The second-order valence-corrected chi connectivity index (χ2v) is 10.5. The third-order valence-corrected chi connectivity index (χ3v) is 8.11. The van der Waals surface area contributed by atoms with E-state index in [0.29, 0.717) is 47.7 Å². The van der Waals surface area contributed by atoms with Gasteiger partial charge in [0.25, 0.3) is 0 Å². The van der Waals surface area contributed by atoms with Crippen molar-refractivity contribution in [2.24, 2.45) is 5.92 Å². The summed E-state index contributed by atoms with van der Waals surface area (Å²) in [6, 6.07) is 21.6. The van der Waals surface area contributed by atoms with Gasteiger partial charge in [-0.3, -0.25) is 4.79 Å². The first-order valence-electron chi connectivity index (χ1n) is 11.4. The smallest absolute Gasteiger partial charge is 0.243 e. The van der Waals surface area contributed by atoms with Crippen LogP contribution >= 0.6 is 0 Å². The minimum Gasteiger partial charge on any atom is -0.497 e. The quantitative estimate of drug-likeness (QED) is 0.420. The van der Waals surface area contributed by atoms with Crippen LogP contribution in [-0.2, 0) is 14.8 Å². The lowest BCUT2D eigenvalue weighted by Crippen LogP contribution is -2.43. The SMILES string of the molecule is COc1ccc(NC(=O)[C@H]2CCCN(S(=O)(=O)c3ccc4nc(-c5ccccc5)[nH]c4c3)C2)cc1. The molecule has 1 fully saturated rings. The lowest BCUT2D eigenvalue weighted by molar-refractivity contribution is -0.120. The number of aromatic nitrogens is 2. The maximum absolute atomic E-state index is 13.5. The maximum atomic E-state index is 13.5. The number of imidazole rings is 1. The lowest BCUT2D eigenvalue weighted by atomic mass is 9.99. The Morgan fingerprint density at radius 1 is 1.09 bits per heavy atom. The molecule has 9 heteroatoms. The van der Waals surface area contributed by atoms with Crippen LogP contribution in [0.15, 0.2) is 77.7 Å². The number of rotatable bonds is 6. The second-order valence-electron chi connectivity index (χ2n) is 8.55. The van der Waals surface area contributed by atoms with Crippen molar-refractivity contribution in [1.82, 2.24) is 14.3 Å². The standard InChI is InChI=1S/C26H26N4O4S/c1-34-21-11-9-20(10-12-21)27-26(31)19-8-5-15-30(17-19)35(32,33)22-13-14-23-24(16-22)29-25(28-23)18-6-3-2-4-7-18/h2-4,6-7,9-14,16,19H,5,8,15,17H2,1H3,(H,27,31)(H,28,29)/t19-/m0/s1. The van der Waals surface area contributed by atoms with E-state index in [2.05, 4.69) is 15.3 Å². The molecule has 0 radical (unpaired) electrons. The molecule has 0 bridgehead atoms. The first kappa shape index (κ1) is 23.1. The highest BCUT2D eigenvalue weighted by atomic mass is 32.2. The Hall–Kier alpha value is -3.69. The van der Waals surface area contributed by atoms with E-state index in [9.17, 15) is 13.2 Å². The van der Waals surface area contributed by atoms with Gasteiger partial charge >= 0.3 is 0 Å². The van der Waals surface area contributed by atoms with Gasteiger partial charge in [0.1, 0.15) is 11.6 Å². The van der Waals surface area contributed by atoms with Crippen LogP contribution in [0.1, 0.15) is 12.8 Å². The van der Waals surface area contributed by atoms with Crippen LogP contribution in [0.25, 0.3) is 22.4 Å². The Morgan fingerprint density at radius 3 is 2.60 bits per heavy atom. The zero-order valence-corrected chi connectivity index (χ0v) is 20.1. The van der Waals surface area contributed by atoms with E-state index in [-0.39, 0.29) is 17.3 Å². The van der Waals surface area contributed by atoms with Crippen LogP contribution in [0.4, 0.5) is 5.69 Å². The van der Waals surface area contributed by atoms with Crippen LogP contribution in [-0.4, -0.2) is 48.8 Å². The Morgan fingerprint density at radius 2 is 1.86 bits per heavy atom. The zero-order chi connectivity index (χ0) is 24.4. The fourth-order valence-electron chi connectivity index (χ4n) is 4.32. The summed E-state index contributed by atoms with van der Waals surface area (Å²) in [6.07, 6.45) is 1.25. The largest absolute Gasteiger partial charge is 0.497 e. The van der Waals surface area contributed by atoms with Crippen molar-refractivity contribution in [3.05, 3.63) is 72.8 Å². The van der Waals surface area contributed by atoms with Crippen molar-refractivity contribution >= 4 is 32.7 Å². The van der Waals surface area contributed by atoms with E-state index in [1.54, 1.807) is 49.6 Å². The molecule has 5 rings (SSSR count). The average Bonchev–Trinajstić information content (AvgIpc) is 3.33.